The van der Waals surface area contributed by atoms with Crippen molar-refractivity contribution in [2.75, 3.05) is 11.9 Å². The highest BCUT2D eigenvalue weighted by molar-refractivity contribution is 5.84. The number of amides is 1. The summed E-state index contributed by atoms with van der Waals surface area (Å²) in [6.45, 7) is 10.9. The van der Waals surface area contributed by atoms with E-state index >= 15 is 0 Å². The predicted octanol–water partition coefficient (Wildman–Crippen LogP) is 4.87. The summed E-state index contributed by atoms with van der Waals surface area (Å²) in [5, 5.41) is 6.26. The molecule has 4 heteroatoms. The van der Waals surface area contributed by atoms with Crippen LogP contribution in [0.4, 0.5) is 10.5 Å². The highest BCUT2D eigenvalue weighted by Crippen LogP contribution is 2.17. The van der Waals surface area contributed by atoms with Crippen molar-refractivity contribution in [3.8, 4) is 0 Å². The van der Waals surface area contributed by atoms with E-state index in [9.17, 15) is 4.79 Å². The standard InChI is InChI=1S/C18H30N2O2/c1-6-7-8-13-19-14(2)15-9-11-16(12-10-15)20-17(21)22-18(3,4)5/h9-12,14,19H,6-8,13H2,1-5H3,(H,20,21). The maximum atomic E-state index is 11.7. The Morgan fingerprint density at radius 2 is 1.82 bits per heavy atom. The van der Waals surface area contributed by atoms with Gasteiger partial charge in [-0.1, -0.05) is 31.9 Å². The van der Waals surface area contributed by atoms with Crippen LogP contribution in [-0.4, -0.2) is 18.2 Å². The number of hydrogen-bond donors (Lipinski definition) is 2. The molecule has 2 N–H and O–H groups in total. The van der Waals surface area contributed by atoms with Crippen molar-refractivity contribution in [1.29, 1.82) is 0 Å². The van der Waals surface area contributed by atoms with E-state index in [1.165, 1.54) is 24.8 Å². The minimum Gasteiger partial charge on any atom is -0.444 e. The Balaban J connectivity index is 2.47. The highest BCUT2D eigenvalue weighted by Gasteiger charge is 2.16. The lowest BCUT2D eigenvalue weighted by Gasteiger charge is -2.20. The van der Waals surface area contributed by atoms with Crippen LogP contribution < -0.4 is 10.6 Å². The van der Waals surface area contributed by atoms with Gasteiger partial charge in [0, 0.05) is 11.7 Å². The number of ether oxygens (including phenoxy) is 1. The molecule has 124 valence electrons. The normalized spacial score (nSPS) is 12.8. The van der Waals surface area contributed by atoms with Gasteiger partial charge in [-0.15, -0.1) is 0 Å². The fourth-order valence-corrected chi connectivity index (χ4v) is 2.09. The molecule has 0 aliphatic rings. The molecule has 1 unspecified atom stereocenters. The minimum absolute atomic E-state index is 0.312. The summed E-state index contributed by atoms with van der Waals surface area (Å²) < 4.78 is 5.23. The van der Waals surface area contributed by atoms with Crippen molar-refractivity contribution in [1.82, 2.24) is 5.32 Å². The number of hydrogen-bond acceptors (Lipinski definition) is 3. The van der Waals surface area contributed by atoms with Gasteiger partial charge in [-0.2, -0.15) is 0 Å². The number of anilines is 1. The summed E-state index contributed by atoms with van der Waals surface area (Å²) in [7, 11) is 0. The first-order chi connectivity index (χ1) is 10.3. The van der Waals surface area contributed by atoms with Gasteiger partial charge in [0.25, 0.3) is 0 Å². The summed E-state index contributed by atoms with van der Waals surface area (Å²) >= 11 is 0. The number of carbonyl (C=O) groups is 1. The molecule has 4 nitrogen and oxygen atoms in total. The van der Waals surface area contributed by atoms with Crippen LogP contribution in [0.15, 0.2) is 24.3 Å². The number of rotatable bonds is 7. The zero-order valence-corrected chi connectivity index (χ0v) is 14.5. The fraction of sp³-hybridized carbons (Fsp3) is 0.611. The molecule has 0 radical (unpaired) electrons. The van der Waals surface area contributed by atoms with Crippen LogP contribution in [0.3, 0.4) is 0 Å². The number of nitrogens with one attached hydrogen (secondary N) is 2. The molecule has 1 aromatic rings. The van der Waals surface area contributed by atoms with Crippen molar-refractivity contribution < 1.29 is 9.53 Å². The molecular formula is C18H30N2O2. The maximum Gasteiger partial charge on any atom is 0.412 e. The lowest BCUT2D eigenvalue weighted by atomic mass is 10.1. The lowest BCUT2D eigenvalue weighted by Crippen LogP contribution is -2.27. The minimum atomic E-state index is -0.485. The van der Waals surface area contributed by atoms with Gasteiger partial charge in [-0.25, -0.2) is 4.79 Å². The number of unbranched alkanes of at least 4 members (excludes halogenated alkanes) is 2. The molecule has 22 heavy (non-hydrogen) atoms. The third-order valence-electron chi connectivity index (χ3n) is 3.29. The molecule has 0 aliphatic heterocycles. The highest BCUT2D eigenvalue weighted by atomic mass is 16.6. The summed E-state index contributed by atoms with van der Waals surface area (Å²) in [4.78, 5) is 11.7. The monoisotopic (exact) mass is 306 g/mol. The van der Waals surface area contributed by atoms with Crippen molar-refractivity contribution in [2.45, 2.75) is 65.5 Å². The van der Waals surface area contributed by atoms with Gasteiger partial charge in [-0.3, -0.25) is 5.32 Å². The summed E-state index contributed by atoms with van der Waals surface area (Å²) in [5.74, 6) is 0. The molecule has 0 spiro atoms. The Kier molecular flexibility index (Phi) is 7.39. The van der Waals surface area contributed by atoms with Crippen molar-refractivity contribution in [3.05, 3.63) is 29.8 Å². The van der Waals surface area contributed by atoms with Crippen molar-refractivity contribution in [3.63, 3.8) is 0 Å². The molecule has 0 fully saturated rings. The third kappa shape index (κ3) is 7.46. The molecule has 0 saturated carbocycles. The Morgan fingerprint density at radius 3 is 2.36 bits per heavy atom. The Bertz CT molecular complexity index is 449. The molecule has 1 rings (SSSR count). The second-order valence-corrected chi connectivity index (χ2v) is 6.63. The van der Waals surface area contributed by atoms with Crippen LogP contribution in [0.1, 0.15) is 65.5 Å². The number of carbonyl (C=O) groups excluding carboxylic acids is 1. The maximum absolute atomic E-state index is 11.7. The quantitative estimate of drug-likeness (QED) is 0.706. The van der Waals surface area contributed by atoms with E-state index in [1.54, 1.807) is 0 Å². The van der Waals surface area contributed by atoms with Gasteiger partial charge in [0.15, 0.2) is 0 Å². The lowest BCUT2D eigenvalue weighted by molar-refractivity contribution is 0.0636. The Morgan fingerprint density at radius 1 is 1.18 bits per heavy atom. The SMILES string of the molecule is CCCCCNC(C)c1ccc(NC(=O)OC(C)(C)C)cc1. The van der Waals surface area contributed by atoms with Gasteiger partial charge < -0.3 is 10.1 Å². The first kappa shape index (κ1) is 18.5. The van der Waals surface area contributed by atoms with Crippen LogP contribution in [0.5, 0.6) is 0 Å². The third-order valence-corrected chi connectivity index (χ3v) is 3.29. The Hall–Kier alpha value is -1.55. The van der Waals surface area contributed by atoms with E-state index in [2.05, 4.69) is 24.5 Å². The molecule has 0 aromatic heterocycles. The Labute approximate surface area is 134 Å². The zero-order chi connectivity index (χ0) is 16.6. The first-order valence-corrected chi connectivity index (χ1v) is 8.15. The molecule has 0 saturated heterocycles. The smallest absolute Gasteiger partial charge is 0.412 e. The predicted molar refractivity (Wildman–Crippen MR) is 92.2 cm³/mol. The summed E-state index contributed by atoms with van der Waals surface area (Å²) in [6.07, 6.45) is 3.28. The largest absolute Gasteiger partial charge is 0.444 e. The average molecular weight is 306 g/mol. The molecule has 1 amide bonds. The molecule has 0 aliphatic carbocycles. The molecule has 1 aromatic carbocycles. The molecular weight excluding hydrogens is 276 g/mol. The fourth-order valence-electron chi connectivity index (χ4n) is 2.09. The molecule has 0 bridgehead atoms. The van der Waals surface area contributed by atoms with Crippen molar-refractivity contribution >= 4 is 11.8 Å². The van der Waals surface area contributed by atoms with Gasteiger partial charge >= 0.3 is 6.09 Å². The second kappa shape index (κ2) is 8.79. The van der Waals surface area contributed by atoms with E-state index in [-0.39, 0.29) is 0 Å². The van der Waals surface area contributed by atoms with Crippen LogP contribution >= 0.6 is 0 Å². The van der Waals surface area contributed by atoms with E-state index in [4.69, 9.17) is 4.74 Å². The topological polar surface area (TPSA) is 50.4 Å². The van der Waals surface area contributed by atoms with Crippen LogP contribution in [0.25, 0.3) is 0 Å². The van der Waals surface area contributed by atoms with Crippen LogP contribution in [-0.2, 0) is 4.74 Å². The zero-order valence-electron chi connectivity index (χ0n) is 14.5. The van der Waals surface area contributed by atoms with E-state index < -0.39 is 11.7 Å². The van der Waals surface area contributed by atoms with Gasteiger partial charge in [0.05, 0.1) is 0 Å². The summed E-state index contributed by atoms with van der Waals surface area (Å²) in [6, 6.07) is 8.19. The van der Waals surface area contributed by atoms with Crippen LogP contribution in [0, 0.1) is 0 Å². The summed E-state index contributed by atoms with van der Waals surface area (Å²) in [5.41, 5.74) is 1.48. The molecule has 1 atom stereocenters. The van der Waals surface area contributed by atoms with Crippen molar-refractivity contribution in [2.24, 2.45) is 0 Å². The molecule has 0 heterocycles. The second-order valence-electron chi connectivity index (χ2n) is 6.63. The van der Waals surface area contributed by atoms with E-state index in [0.717, 1.165) is 12.2 Å². The first-order valence-electron chi connectivity index (χ1n) is 8.15. The van der Waals surface area contributed by atoms with Gasteiger partial charge in [-0.05, 0) is 58.4 Å². The van der Waals surface area contributed by atoms with Gasteiger partial charge in [0.1, 0.15) is 5.60 Å². The van der Waals surface area contributed by atoms with E-state index in [1.807, 2.05) is 45.0 Å². The average Bonchev–Trinajstić information content (AvgIpc) is 2.42. The number of benzene rings is 1. The van der Waals surface area contributed by atoms with Gasteiger partial charge in [0.2, 0.25) is 0 Å². The van der Waals surface area contributed by atoms with Crippen LogP contribution in [0.2, 0.25) is 0 Å². The van der Waals surface area contributed by atoms with E-state index in [0.29, 0.717) is 6.04 Å².